The first-order valence-electron chi connectivity index (χ1n) is 5.80. The molecule has 0 atom stereocenters. The van der Waals surface area contributed by atoms with Crippen molar-refractivity contribution in [3.8, 4) is 0 Å². The third kappa shape index (κ3) is 4.17. The quantitative estimate of drug-likeness (QED) is 0.602. The highest BCUT2D eigenvalue weighted by atomic mass is 16.5. The van der Waals surface area contributed by atoms with Crippen molar-refractivity contribution in [1.82, 2.24) is 9.78 Å². The molecular weight excluding hydrogens is 246 g/mol. The summed E-state index contributed by atoms with van der Waals surface area (Å²) in [6, 6.07) is 5.19. The van der Waals surface area contributed by atoms with Crippen molar-refractivity contribution in [3.63, 3.8) is 0 Å². The molecule has 6 nitrogen and oxygen atoms in total. The van der Waals surface area contributed by atoms with Crippen molar-refractivity contribution in [1.29, 1.82) is 0 Å². The van der Waals surface area contributed by atoms with Gasteiger partial charge in [-0.25, -0.2) is 0 Å². The molecule has 0 amide bonds. The molecule has 0 aliphatic rings. The third-order valence-electron chi connectivity index (χ3n) is 2.27. The van der Waals surface area contributed by atoms with Gasteiger partial charge in [-0.15, -0.1) is 0 Å². The fourth-order valence-electron chi connectivity index (χ4n) is 1.40. The van der Waals surface area contributed by atoms with Gasteiger partial charge in [-0.1, -0.05) is 0 Å². The number of nitrogen functional groups attached to an aromatic ring is 1. The van der Waals surface area contributed by atoms with Gasteiger partial charge in [0.05, 0.1) is 10.9 Å². The molecule has 1 aromatic carbocycles. The number of nitrogens with one attached hydrogen (secondary N) is 1. The van der Waals surface area contributed by atoms with Gasteiger partial charge in [0.1, 0.15) is 5.60 Å². The van der Waals surface area contributed by atoms with Crippen LogP contribution in [0.1, 0.15) is 20.8 Å². The van der Waals surface area contributed by atoms with Crippen LogP contribution >= 0.6 is 0 Å². The van der Waals surface area contributed by atoms with Gasteiger partial charge in [-0.3, -0.25) is 19.4 Å². The second-order valence-corrected chi connectivity index (χ2v) is 5.11. The van der Waals surface area contributed by atoms with E-state index in [0.29, 0.717) is 17.5 Å². The van der Waals surface area contributed by atoms with Gasteiger partial charge in [0.25, 0.3) is 12.0 Å². The number of nitrogens with two attached hydrogens (primary N) is 1. The van der Waals surface area contributed by atoms with Crippen molar-refractivity contribution in [2.45, 2.75) is 26.4 Å². The van der Waals surface area contributed by atoms with E-state index in [-0.39, 0.29) is 11.2 Å². The highest BCUT2D eigenvalue weighted by molar-refractivity contribution is 5.81. The predicted octanol–water partition coefficient (Wildman–Crippen LogP) is 1.41. The topological polar surface area (TPSA) is 90.1 Å². The Labute approximate surface area is 111 Å². The Kier molecular flexibility index (Phi) is 4.37. The Morgan fingerprint density at radius 1 is 1.37 bits per heavy atom. The van der Waals surface area contributed by atoms with Crippen LogP contribution in [-0.2, 0) is 16.6 Å². The van der Waals surface area contributed by atoms with Gasteiger partial charge in [0.15, 0.2) is 0 Å². The summed E-state index contributed by atoms with van der Waals surface area (Å²) in [6.45, 7) is 5.92. The highest BCUT2D eigenvalue weighted by Crippen LogP contribution is 2.10. The molecule has 0 aliphatic carbocycles. The van der Waals surface area contributed by atoms with Gasteiger partial charge in [0.2, 0.25) is 0 Å². The van der Waals surface area contributed by atoms with Crippen LogP contribution in [0.5, 0.6) is 0 Å². The first kappa shape index (κ1) is 14.8. The summed E-state index contributed by atoms with van der Waals surface area (Å²) in [4.78, 5) is 20.9. The number of rotatable bonds is 1. The number of H-pyrrole nitrogens is 1. The number of benzene rings is 1. The fourth-order valence-corrected chi connectivity index (χ4v) is 1.40. The summed E-state index contributed by atoms with van der Waals surface area (Å²) < 4.78 is 5.98. The Morgan fingerprint density at radius 3 is 2.47 bits per heavy atom. The maximum absolute atomic E-state index is 11.3. The molecule has 19 heavy (non-hydrogen) atoms. The number of hydrogen-bond donors (Lipinski definition) is 2. The van der Waals surface area contributed by atoms with Crippen molar-refractivity contribution >= 4 is 23.1 Å². The molecule has 0 saturated heterocycles. The molecule has 2 aromatic rings. The average molecular weight is 265 g/mol. The second kappa shape index (κ2) is 5.60. The van der Waals surface area contributed by atoms with E-state index in [0.717, 1.165) is 5.52 Å². The molecule has 0 saturated carbocycles. The lowest BCUT2D eigenvalue weighted by Crippen LogP contribution is -2.17. The zero-order chi connectivity index (χ0) is 14.6. The lowest BCUT2D eigenvalue weighted by Gasteiger charge is -2.14. The Morgan fingerprint density at radius 2 is 2.00 bits per heavy atom. The molecular formula is C13H19N3O3. The molecule has 0 spiro atoms. The summed E-state index contributed by atoms with van der Waals surface area (Å²) in [5.74, 6) is 0. The first-order valence-corrected chi connectivity index (χ1v) is 5.80. The smallest absolute Gasteiger partial charge is 0.293 e. The van der Waals surface area contributed by atoms with E-state index in [1.54, 1.807) is 25.2 Å². The Hall–Kier alpha value is -2.24. The zero-order valence-electron chi connectivity index (χ0n) is 11.6. The molecule has 6 heteroatoms. The van der Waals surface area contributed by atoms with E-state index in [9.17, 15) is 9.59 Å². The normalized spacial score (nSPS) is 10.7. The summed E-state index contributed by atoms with van der Waals surface area (Å²) in [6.07, 6.45) is 0. The zero-order valence-corrected chi connectivity index (χ0v) is 11.6. The van der Waals surface area contributed by atoms with E-state index >= 15 is 0 Å². The second-order valence-electron chi connectivity index (χ2n) is 5.11. The number of aromatic nitrogens is 2. The van der Waals surface area contributed by atoms with Crippen LogP contribution in [0.2, 0.25) is 0 Å². The van der Waals surface area contributed by atoms with Gasteiger partial charge in [-0.2, -0.15) is 0 Å². The van der Waals surface area contributed by atoms with Crippen LogP contribution in [0.15, 0.2) is 23.0 Å². The number of hydrogen-bond acceptors (Lipinski definition) is 4. The van der Waals surface area contributed by atoms with Gasteiger partial charge >= 0.3 is 0 Å². The van der Waals surface area contributed by atoms with E-state index < -0.39 is 0 Å². The van der Waals surface area contributed by atoms with Gasteiger partial charge in [0, 0.05) is 12.7 Å². The predicted molar refractivity (Wildman–Crippen MR) is 74.9 cm³/mol. The van der Waals surface area contributed by atoms with Crippen molar-refractivity contribution in [2.75, 3.05) is 5.73 Å². The van der Waals surface area contributed by atoms with Crippen LogP contribution in [0.25, 0.3) is 10.9 Å². The maximum Gasteiger partial charge on any atom is 0.293 e. The van der Waals surface area contributed by atoms with Crippen molar-refractivity contribution < 1.29 is 9.53 Å². The van der Waals surface area contributed by atoms with Crippen LogP contribution in [0.3, 0.4) is 0 Å². The number of nitrogens with zero attached hydrogens (tertiary/aromatic N) is 1. The molecule has 0 aliphatic heterocycles. The summed E-state index contributed by atoms with van der Waals surface area (Å²) in [5, 5.41) is 3.56. The highest BCUT2D eigenvalue weighted by Gasteiger charge is 2.07. The molecule has 1 aromatic heterocycles. The molecule has 1 heterocycles. The number of fused-ring (bicyclic) bond motifs is 1. The number of aromatic amines is 1. The lowest BCUT2D eigenvalue weighted by molar-refractivity contribution is -0.138. The monoisotopic (exact) mass is 265 g/mol. The maximum atomic E-state index is 11.3. The van der Waals surface area contributed by atoms with E-state index in [2.05, 4.69) is 9.84 Å². The van der Waals surface area contributed by atoms with Crippen LogP contribution in [0.4, 0.5) is 5.69 Å². The number of aryl methyl sites for hydroxylation is 1. The first-order chi connectivity index (χ1) is 8.74. The molecule has 3 N–H and O–H groups in total. The van der Waals surface area contributed by atoms with Gasteiger partial charge < -0.3 is 10.5 Å². The molecule has 0 fully saturated rings. The summed E-state index contributed by atoms with van der Waals surface area (Å²) in [7, 11) is 1.68. The Bertz CT molecular complexity index is 620. The minimum Gasteiger partial charge on any atom is -0.462 e. The fraction of sp³-hybridized carbons (Fsp3) is 0.385. The SMILES string of the molecule is CC(C)(C)OC=O.Cn1[nH]c2cc(N)ccc2c1=O. The lowest BCUT2D eigenvalue weighted by atomic mass is 10.2. The summed E-state index contributed by atoms with van der Waals surface area (Å²) in [5.41, 5.74) is 6.65. The third-order valence-corrected chi connectivity index (χ3v) is 2.27. The minimum atomic E-state index is -0.318. The number of carbonyl (C=O) groups excluding carboxylic acids is 1. The molecule has 2 rings (SSSR count). The standard InChI is InChI=1S/C8H9N3O.C5H10O2/c1-11-8(12)6-3-2-5(9)4-7(6)10-11;1-5(2,3)7-4-6/h2-4,10H,9H2,1H3;4H,1-3H3. The van der Waals surface area contributed by atoms with Crippen LogP contribution < -0.4 is 11.3 Å². The van der Waals surface area contributed by atoms with Gasteiger partial charge in [-0.05, 0) is 39.0 Å². The number of carbonyl (C=O) groups is 1. The Balaban J connectivity index is 0.000000224. The van der Waals surface area contributed by atoms with E-state index in [1.807, 2.05) is 20.8 Å². The molecule has 0 bridgehead atoms. The largest absolute Gasteiger partial charge is 0.462 e. The molecule has 104 valence electrons. The molecule has 0 unspecified atom stereocenters. The van der Waals surface area contributed by atoms with Crippen LogP contribution in [-0.4, -0.2) is 21.9 Å². The average Bonchev–Trinajstić information content (AvgIpc) is 2.53. The van der Waals surface area contributed by atoms with E-state index in [1.165, 1.54) is 4.68 Å². The van der Waals surface area contributed by atoms with Crippen molar-refractivity contribution in [3.05, 3.63) is 28.6 Å². The van der Waals surface area contributed by atoms with Crippen molar-refractivity contribution in [2.24, 2.45) is 7.05 Å². The summed E-state index contributed by atoms with van der Waals surface area (Å²) >= 11 is 0. The number of ether oxygens (including phenoxy) is 1. The molecule has 0 radical (unpaired) electrons. The van der Waals surface area contributed by atoms with E-state index in [4.69, 9.17) is 5.73 Å². The number of anilines is 1. The minimum absolute atomic E-state index is 0.0231. The van der Waals surface area contributed by atoms with Crippen LogP contribution in [0, 0.1) is 0 Å².